The van der Waals surface area contributed by atoms with E-state index in [-0.39, 0.29) is 17.3 Å². The minimum Gasteiger partial charge on any atom is -0.489 e. The number of rotatable bonds is 6. The molecule has 0 bridgehead atoms. The van der Waals surface area contributed by atoms with Crippen molar-refractivity contribution in [3.63, 3.8) is 0 Å². The lowest BCUT2D eigenvalue weighted by Crippen LogP contribution is -2.33. The number of ether oxygens (including phenoxy) is 3. The van der Waals surface area contributed by atoms with E-state index in [4.69, 9.17) is 18.6 Å². The second kappa shape index (κ2) is 7.49. The van der Waals surface area contributed by atoms with E-state index in [1.807, 2.05) is 26.0 Å². The normalized spacial score (nSPS) is 21.5. The molecule has 5 nitrogen and oxygen atoms in total. The van der Waals surface area contributed by atoms with E-state index in [1.165, 1.54) is 11.6 Å². The van der Waals surface area contributed by atoms with Crippen LogP contribution in [0, 0.1) is 0 Å². The molecule has 1 fully saturated rings. The third-order valence-electron chi connectivity index (χ3n) is 4.79. The van der Waals surface area contributed by atoms with Gasteiger partial charge in [-0.25, -0.2) is 4.79 Å². The molecule has 5 heteroatoms. The first kappa shape index (κ1) is 19.6. The average Bonchev–Trinajstić information content (AvgIpc) is 2.79. The van der Waals surface area contributed by atoms with Crippen molar-refractivity contribution in [2.75, 3.05) is 6.61 Å². The molecule has 2 aromatic rings. The fraction of sp³-hybridized carbons (Fsp3) is 0.500. The van der Waals surface area contributed by atoms with Crippen molar-refractivity contribution in [1.29, 1.82) is 0 Å². The zero-order valence-electron chi connectivity index (χ0n) is 16.7. The molecule has 0 radical (unpaired) electrons. The summed E-state index contributed by atoms with van der Waals surface area (Å²) in [5.74, 6) is 0.149. The molecule has 0 spiro atoms. The molecule has 1 atom stereocenters. The van der Waals surface area contributed by atoms with Gasteiger partial charge in [-0.3, -0.25) is 0 Å². The van der Waals surface area contributed by atoms with Gasteiger partial charge in [0.05, 0.1) is 11.7 Å². The molecule has 27 heavy (non-hydrogen) atoms. The molecule has 0 saturated carbocycles. The largest absolute Gasteiger partial charge is 0.489 e. The Bertz CT molecular complexity index is 891. The zero-order valence-corrected chi connectivity index (χ0v) is 16.7. The number of benzene rings is 1. The minimum absolute atomic E-state index is 0.0696. The van der Waals surface area contributed by atoms with E-state index in [0.29, 0.717) is 17.9 Å². The third kappa shape index (κ3) is 4.99. The molecular weight excluding hydrogens is 344 g/mol. The third-order valence-corrected chi connectivity index (χ3v) is 4.79. The van der Waals surface area contributed by atoms with Gasteiger partial charge in [0.25, 0.3) is 0 Å². The van der Waals surface area contributed by atoms with Gasteiger partial charge in [-0.15, -0.1) is 0 Å². The Morgan fingerprint density at radius 1 is 1.19 bits per heavy atom. The molecule has 0 N–H and O–H groups in total. The summed E-state index contributed by atoms with van der Waals surface area (Å²) in [6.45, 7) is 10.6. The van der Waals surface area contributed by atoms with E-state index in [9.17, 15) is 4.79 Å². The summed E-state index contributed by atoms with van der Waals surface area (Å²) in [5.41, 5.74) is 1.13. The average molecular weight is 372 g/mol. The van der Waals surface area contributed by atoms with Gasteiger partial charge < -0.3 is 18.6 Å². The Morgan fingerprint density at radius 3 is 2.63 bits per heavy atom. The second-order valence-electron chi connectivity index (χ2n) is 8.07. The van der Waals surface area contributed by atoms with E-state index >= 15 is 0 Å². The van der Waals surface area contributed by atoms with Crippen LogP contribution in [-0.4, -0.2) is 24.1 Å². The smallest absolute Gasteiger partial charge is 0.336 e. The standard InChI is InChI=1S/C22H28O5/c1-15(6-10-19-21(2,3)27-22(4,5)26-19)12-13-24-17-9-7-16-8-11-20(23)25-18(16)14-17/h7-9,11-12,14,19H,6,10,13H2,1-5H3. The van der Waals surface area contributed by atoms with Crippen molar-refractivity contribution >= 4 is 11.0 Å². The molecule has 1 aromatic heterocycles. The predicted molar refractivity (Wildman–Crippen MR) is 105 cm³/mol. The molecule has 1 saturated heterocycles. The van der Waals surface area contributed by atoms with Crippen LogP contribution in [0.15, 0.2) is 51.2 Å². The lowest BCUT2D eigenvalue weighted by atomic mass is 9.96. The zero-order chi connectivity index (χ0) is 19.7. The molecule has 1 aliphatic heterocycles. The molecule has 1 aliphatic rings. The maximum absolute atomic E-state index is 11.3. The van der Waals surface area contributed by atoms with Crippen molar-refractivity contribution in [1.82, 2.24) is 0 Å². The Balaban J connectivity index is 1.53. The molecule has 3 rings (SSSR count). The molecule has 1 unspecified atom stereocenters. The molecule has 1 aromatic carbocycles. The van der Waals surface area contributed by atoms with E-state index in [0.717, 1.165) is 18.2 Å². The van der Waals surface area contributed by atoms with Crippen molar-refractivity contribution in [3.8, 4) is 5.75 Å². The fourth-order valence-corrected chi connectivity index (χ4v) is 3.49. The van der Waals surface area contributed by atoms with Crippen LogP contribution in [-0.2, 0) is 9.47 Å². The number of hydrogen-bond donors (Lipinski definition) is 0. The topological polar surface area (TPSA) is 57.9 Å². The van der Waals surface area contributed by atoms with Gasteiger partial charge in [0.1, 0.15) is 17.9 Å². The van der Waals surface area contributed by atoms with Gasteiger partial charge >= 0.3 is 5.63 Å². The first-order chi connectivity index (χ1) is 12.6. The van der Waals surface area contributed by atoms with Crippen molar-refractivity contribution in [3.05, 3.63) is 52.4 Å². The van der Waals surface area contributed by atoms with Gasteiger partial charge in [0, 0.05) is 17.5 Å². The van der Waals surface area contributed by atoms with Crippen LogP contribution >= 0.6 is 0 Å². The summed E-state index contributed by atoms with van der Waals surface area (Å²) in [6.07, 6.45) is 3.96. The van der Waals surface area contributed by atoms with Crippen molar-refractivity contribution in [2.24, 2.45) is 0 Å². The predicted octanol–water partition coefficient (Wildman–Crippen LogP) is 4.83. The van der Waals surface area contributed by atoms with Crippen LogP contribution in [0.2, 0.25) is 0 Å². The van der Waals surface area contributed by atoms with Gasteiger partial charge in [-0.2, -0.15) is 0 Å². The lowest BCUT2D eigenvalue weighted by Gasteiger charge is -2.24. The molecular formula is C22H28O5. The first-order valence-electron chi connectivity index (χ1n) is 9.35. The number of allylic oxidation sites excluding steroid dienone is 1. The maximum atomic E-state index is 11.3. The molecule has 146 valence electrons. The Labute approximate surface area is 159 Å². The van der Waals surface area contributed by atoms with Crippen LogP contribution in [0.3, 0.4) is 0 Å². The fourth-order valence-electron chi connectivity index (χ4n) is 3.49. The summed E-state index contributed by atoms with van der Waals surface area (Å²) in [4.78, 5) is 11.3. The summed E-state index contributed by atoms with van der Waals surface area (Å²) >= 11 is 0. The van der Waals surface area contributed by atoms with Gasteiger partial charge in [0.15, 0.2) is 5.79 Å². The van der Waals surface area contributed by atoms with Gasteiger partial charge in [0.2, 0.25) is 0 Å². The summed E-state index contributed by atoms with van der Waals surface area (Å²) in [5, 5.41) is 0.873. The van der Waals surface area contributed by atoms with Crippen molar-refractivity contribution in [2.45, 2.75) is 65.0 Å². The second-order valence-corrected chi connectivity index (χ2v) is 8.07. The van der Waals surface area contributed by atoms with Crippen LogP contribution in [0.5, 0.6) is 5.75 Å². The minimum atomic E-state index is -0.528. The highest BCUT2D eigenvalue weighted by molar-refractivity contribution is 5.77. The SMILES string of the molecule is CC(=CCOc1ccc2ccc(=O)oc2c1)CCC1OC(C)(C)OC1(C)C. The van der Waals surface area contributed by atoms with Crippen LogP contribution in [0.1, 0.15) is 47.5 Å². The highest BCUT2D eigenvalue weighted by Gasteiger charge is 2.46. The van der Waals surface area contributed by atoms with Crippen LogP contribution in [0.25, 0.3) is 11.0 Å². The summed E-state index contributed by atoms with van der Waals surface area (Å²) in [7, 11) is 0. The van der Waals surface area contributed by atoms with E-state index in [2.05, 4.69) is 26.8 Å². The first-order valence-corrected chi connectivity index (χ1v) is 9.35. The highest BCUT2D eigenvalue weighted by atomic mass is 16.8. The monoisotopic (exact) mass is 372 g/mol. The van der Waals surface area contributed by atoms with Gasteiger partial charge in [-0.1, -0.05) is 5.57 Å². The van der Waals surface area contributed by atoms with Gasteiger partial charge in [-0.05, 0) is 71.7 Å². The Kier molecular flexibility index (Phi) is 5.45. The Morgan fingerprint density at radius 2 is 1.93 bits per heavy atom. The summed E-state index contributed by atoms with van der Waals surface area (Å²) in [6, 6.07) is 8.66. The number of hydrogen-bond acceptors (Lipinski definition) is 5. The maximum Gasteiger partial charge on any atom is 0.336 e. The molecule has 0 amide bonds. The lowest BCUT2D eigenvalue weighted by molar-refractivity contribution is -0.157. The highest BCUT2D eigenvalue weighted by Crippen LogP contribution is 2.38. The molecule has 2 heterocycles. The quantitative estimate of drug-likeness (QED) is 0.537. The van der Waals surface area contributed by atoms with E-state index < -0.39 is 5.79 Å². The van der Waals surface area contributed by atoms with Crippen LogP contribution in [0.4, 0.5) is 0 Å². The molecule has 0 aliphatic carbocycles. The van der Waals surface area contributed by atoms with E-state index in [1.54, 1.807) is 12.1 Å². The van der Waals surface area contributed by atoms with Crippen LogP contribution < -0.4 is 10.4 Å². The number of fused-ring (bicyclic) bond motifs is 1. The summed E-state index contributed by atoms with van der Waals surface area (Å²) < 4.78 is 22.9. The Hall–Kier alpha value is -2.11. The van der Waals surface area contributed by atoms with Crippen molar-refractivity contribution < 1.29 is 18.6 Å².